The number of aromatic nitrogens is 3. The Morgan fingerprint density at radius 3 is 3.05 bits per heavy atom. The first-order valence-corrected chi connectivity index (χ1v) is 7.96. The van der Waals surface area contributed by atoms with Gasteiger partial charge in [0.15, 0.2) is 0 Å². The molecule has 22 heavy (non-hydrogen) atoms. The van der Waals surface area contributed by atoms with Crippen LogP contribution in [0.4, 0.5) is 0 Å². The number of hydrogen-bond acceptors (Lipinski definition) is 3. The second kappa shape index (κ2) is 6.73. The highest BCUT2D eigenvalue weighted by Gasteiger charge is 2.29. The van der Waals surface area contributed by atoms with E-state index >= 15 is 0 Å². The molecular formula is C17H22N4O. The number of carbonyl (C=O) groups is 1. The molecule has 116 valence electrons. The summed E-state index contributed by atoms with van der Waals surface area (Å²) in [6.45, 7) is 2.20. The second-order valence-corrected chi connectivity index (χ2v) is 6.09. The highest BCUT2D eigenvalue weighted by atomic mass is 16.1. The van der Waals surface area contributed by atoms with Crippen LogP contribution in [0, 0.1) is 5.92 Å². The molecule has 5 nitrogen and oxygen atoms in total. The average molecular weight is 298 g/mol. The smallest absolute Gasteiger partial charge is 0.220 e. The Labute approximate surface area is 130 Å². The normalized spacial score (nSPS) is 19.9. The maximum absolute atomic E-state index is 12.2. The van der Waals surface area contributed by atoms with Crippen molar-refractivity contribution in [2.24, 2.45) is 5.92 Å². The summed E-state index contributed by atoms with van der Waals surface area (Å²) in [6, 6.07) is 8.58. The number of nitrogens with zero attached hydrogens (tertiary/aromatic N) is 2. The van der Waals surface area contributed by atoms with Gasteiger partial charge in [0, 0.05) is 6.42 Å². The van der Waals surface area contributed by atoms with Gasteiger partial charge in [-0.3, -0.25) is 4.79 Å². The zero-order valence-corrected chi connectivity index (χ0v) is 12.9. The summed E-state index contributed by atoms with van der Waals surface area (Å²) in [7, 11) is 0. The summed E-state index contributed by atoms with van der Waals surface area (Å²) in [6.07, 6.45) is 6.05. The lowest BCUT2D eigenvalue weighted by molar-refractivity contribution is -0.122. The number of H-pyrrole nitrogens is 1. The monoisotopic (exact) mass is 298 g/mol. The maximum Gasteiger partial charge on any atom is 0.220 e. The van der Waals surface area contributed by atoms with E-state index in [2.05, 4.69) is 45.9 Å². The van der Waals surface area contributed by atoms with Crippen molar-refractivity contribution in [3.63, 3.8) is 0 Å². The molecule has 0 fully saturated rings. The number of amides is 1. The minimum Gasteiger partial charge on any atom is -0.349 e. The number of hydrogen-bond donors (Lipinski definition) is 2. The van der Waals surface area contributed by atoms with E-state index in [4.69, 9.17) is 0 Å². The largest absolute Gasteiger partial charge is 0.349 e. The molecule has 0 radical (unpaired) electrons. The first-order valence-electron chi connectivity index (χ1n) is 7.96. The highest BCUT2D eigenvalue weighted by molar-refractivity contribution is 5.76. The summed E-state index contributed by atoms with van der Waals surface area (Å²) >= 11 is 0. The number of nitrogens with one attached hydrogen (secondary N) is 2. The van der Waals surface area contributed by atoms with Crippen molar-refractivity contribution in [3.05, 3.63) is 47.3 Å². The van der Waals surface area contributed by atoms with Crippen molar-refractivity contribution < 1.29 is 4.79 Å². The number of fused-ring (bicyclic) bond motifs is 1. The van der Waals surface area contributed by atoms with E-state index in [-0.39, 0.29) is 11.9 Å². The van der Waals surface area contributed by atoms with Gasteiger partial charge in [0.1, 0.15) is 0 Å². The Balaban J connectivity index is 1.46. The van der Waals surface area contributed by atoms with E-state index in [1.165, 1.54) is 11.1 Å². The predicted octanol–water partition coefficient (Wildman–Crippen LogP) is 2.57. The van der Waals surface area contributed by atoms with E-state index in [9.17, 15) is 4.79 Å². The quantitative estimate of drug-likeness (QED) is 0.805. The second-order valence-electron chi connectivity index (χ2n) is 6.09. The van der Waals surface area contributed by atoms with Crippen molar-refractivity contribution in [3.8, 4) is 0 Å². The Morgan fingerprint density at radius 1 is 1.36 bits per heavy atom. The van der Waals surface area contributed by atoms with Crippen LogP contribution in [0.25, 0.3) is 0 Å². The number of rotatable bonds is 6. The van der Waals surface area contributed by atoms with Crippen LogP contribution in [0.15, 0.2) is 30.5 Å². The Kier molecular flexibility index (Phi) is 4.51. The SMILES string of the molecule is CC1Cc2ccccc2C1NC(=O)CCCCc1cn[nH]n1. The van der Waals surface area contributed by atoms with Crippen LogP contribution in [0.1, 0.15) is 49.0 Å². The van der Waals surface area contributed by atoms with Gasteiger partial charge in [-0.05, 0) is 42.7 Å². The molecule has 1 aromatic heterocycles. The topological polar surface area (TPSA) is 70.7 Å². The van der Waals surface area contributed by atoms with Crippen LogP contribution in [0.5, 0.6) is 0 Å². The molecule has 0 aliphatic heterocycles. The van der Waals surface area contributed by atoms with Crippen molar-refractivity contribution in [2.45, 2.75) is 45.1 Å². The van der Waals surface area contributed by atoms with Crippen LogP contribution in [-0.2, 0) is 17.6 Å². The van der Waals surface area contributed by atoms with Gasteiger partial charge in [-0.15, -0.1) is 0 Å². The molecule has 3 rings (SSSR count). The number of unbranched alkanes of at least 4 members (excludes halogenated alkanes) is 1. The Morgan fingerprint density at radius 2 is 2.23 bits per heavy atom. The van der Waals surface area contributed by atoms with Crippen LogP contribution < -0.4 is 5.32 Å². The lowest BCUT2D eigenvalue weighted by atomic mass is 10.0. The fraction of sp³-hybridized carbons (Fsp3) is 0.471. The third-order valence-electron chi connectivity index (χ3n) is 4.37. The van der Waals surface area contributed by atoms with Gasteiger partial charge in [0.05, 0.1) is 17.9 Å². The minimum atomic E-state index is 0.147. The molecule has 0 saturated carbocycles. The summed E-state index contributed by atoms with van der Waals surface area (Å²) < 4.78 is 0. The molecule has 1 heterocycles. The van der Waals surface area contributed by atoms with Crippen LogP contribution >= 0.6 is 0 Å². The number of carbonyl (C=O) groups excluding carboxylic acids is 1. The van der Waals surface area contributed by atoms with E-state index in [0.717, 1.165) is 31.4 Å². The molecule has 0 spiro atoms. The average Bonchev–Trinajstić information content (AvgIpc) is 3.13. The molecular weight excluding hydrogens is 276 g/mol. The van der Waals surface area contributed by atoms with Gasteiger partial charge >= 0.3 is 0 Å². The zero-order valence-electron chi connectivity index (χ0n) is 12.9. The van der Waals surface area contributed by atoms with Gasteiger partial charge in [-0.2, -0.15) is 15.4 Å². The van der Waals surface area contributed by atoms with Gasteiger partial charge in [0.2, 0.25) is 5.91 Å². The zero-order chi connectivity index (χ0) is 15.4. The van der Waals surface area contributed by atoms with Crippen LogP contribution in [0.3, 0.4) is 0 Å². The summed E-state index contributed by atoms with van der Waals surface area (Å²) in [4.78, 5) is 12.2. The molecule has 1 aliphatic rings. The molecule has 0 saturated heterocycles. The van der Waals surface area contributed by atoms with Crippen molar-refractivity contribution in [1.29, 1.82) is 0 Å². The molecule has 1 amide bonds. The first kappa shape index (κ1) is 14.8. The molecule has 1 aliphatic carbocycles. The molecule has 2 unspecified atom stereocenters. The minimum absolute atomic E-state index is 0.147. The fourth-order valence-electron chi connectivity index (χ4n) is 3.20. The molecule has 1 aromatic carbocycles. The van der Waals surface area contributed by atoms with Gasteiger partial charge in [-0.1, -0.05) is 31.2 Å². The molecule has 5 heteroatoms. The lowest BCUT2D eigenvalue weighted by Crippen LogP contribution is -2.30. The molecule has 2 N–H and O–H groups in total. The van der Waals surface area contributed by atoms with E-state index in [1.807, 2.05) is 6.07 Å². The molecule has 2 aromatic rings. The van der Waals surface area contributed by atoms with Crippen LogP contribution in [-0.4, -0.2) is 21.3 Å². The van der Waals surface area contributed by atoms with Gasteiger partial charge in [-0.25, -0.2) is 0 Å². The summed E-state index contributed by atoms with van der Waals surface area (Å²) in [5, 5.41) is 13.6. The van der Waals surface area contributed by atoms with E-state index in [1.54, 1.807) is 6.20 Å². The molecule has 0 bridgehead atoms. The van der Waals surface area contributed by atoms with Crippen molar-refractivity contribution in [1.82, 2.24) is 20.7 Å². The van der Waals surface area contributed by atoms with Gasteiger partial charge < -0.3 is 5.32 Å². The highest BCUT2D eigenvalue weighted by Crippen LogP contribution is 2.35. The van der Waals surface area contributed by atoms with E-state index in [0.29, 0.717) is 12.3 Å². The van der Waals surface area contributed by atoms with E-state index < -0.39 is 0 Å². The third kappa shape index (κ3) is 3.35. The predicted molar refractivity (Wildman–Crippen MR) is 84.1 cm³/mol. The Hall–Kier alpha value is -2.17. The fourth-order valence-corrected chi connectivity index (χ4v) is 3.20. The first-order chi connectivity index (χ1) is 10.7. The Bertz CT molecular complexity index is 623. The number of aryl methyl sites for hydroxylation is 1. The van der Waals surface area contributed by atoms with Crippen molar-refractivity contribution in [2.75, 3.05) is 0 Å². The van der Waals surface area contributed by atoms with Crippen LogP contribution in [0.2, 0.25) is 0 Å². The summed E-state index contributed by atoms with van der Waals surface area (Å²) in [5.41, 5.74) is 3.61. The summed E-state index contributed by atoms with van der Waals surface area (Å²) in [5.74, 6) is 0.616. The van der Waals surface area contributed by atoms with Gasteiger partial charge in [0.25, 0.3) is 0 Å². The van der Waals surface area contributed by atoms with Crippen molar-refractivity contribution >= 4 is 5.91 Å². The number of aromatic amines is 1. The lowest BCUT2D eigenvalue weighted by Gasteiger charge is -2.18. The maximum atomic E-state index is 12.2. The number of benzene rings is 1. The molecule has 2 atom stereocenters. The third-order valence-corrected chi connectivity index (χ3v) is 4.37. The standard InChI is InChI=1S/C17H22N4O/c1-12-10-13-6-2-4-8-15(13)17(12)19-16(22)9-5-3-7-14-11-18-21-20-14/h2,4,6,8,11-12,17H,3,5,7,9-10H2,1H3,(H,19,22)(H,18,20,21).